The number of hydrogen-bond donors (Lipinski definition) is 0. The zero-order chi connectivity index (χ0) is 13.0. The number of rotatable bonds is 5. The maximum Gasteiger partial charge on any atom is 0.361 e. The zero-order valence-electron chi connectivity index (χ0n) is 10.6. The Hall–Kier alpha value is -1.15. The third-order valence-electron chi connectivity index (χ3n) is 2.66. The van der Waals surface area contributed by atoms with E-state index >= 15 is 0 Å². The van der Waals surface area contributed by atoms with E-state index in [1.165, 1.54) is 0 Å². The molecule has 0 fully saturated rings. The molecule has 0 aliphatic carbocycles. The van der Waals surface area contributed by atoms with E-state index in [0.29, 0.717) is 18.5 Å². The Balaban J connectivity index is 2.61. The molecule has 0 radical (unpaired) electrons. The molecule has 96 valence electrons. The molecule has 2 aromatic rings. The Bertz CT molecular complexity index is 565. The first kappa shape index (κ1) is 13.3. The lowest BCUT2D eigenvalue weighted by Crippen LogP contribution is -2.11. The summed E-state index contributed by atoms with van der Waals surface area (Å²) in [4.78, 5) is 0. The molecule has 0 atom stereocenters. The van der Waals surface area contributed by atoms with Crippen molar-refractivity contribution in [3.63, 3.8) is 0 Å². The lowest BCUT2D eigenvalue weighted by atomic mass is 10.1. The summed E-state index contributed by atoms with van der Waals surface area (Å²) in [5.74, 6) is 0. The van der Waals surface area contributed by atoms with Crippen LogP contribution in [-0.4, -0.2) is 13.2 Å². The van der Waals surface area contributed by atoms with Crippen molar-refractivity contribution in [2.45, 2.75) is 13.8 Å². The topological polar surface area (TPSA) is 35.5 Å². The van der Waals surface area contributed by atoms with Gasteiger partial charge < -0.3 is 9.05 Å². The van der Waals surface area contributed by atoms with E-state index in [9.17, 15) is 4.57 Å². The third kappa shape index (κ3) is 2.49. The van der Waals surface area contributed by atoms with Gasteiger partial charge in [0.05, 0.1) is 18.5 Å². The second kappa shape index (κ2) is 5.66. The summed E-state index contributed by atoms with van der Waals surface area (Å²) in [5.41, 5.74) is 0. The predicted molar refractivity (Wildman–Crippen MR) is 74.4 cm³/mol. The smallest absolute Gasteiger partial charge is 0.305 e. The standard InChI is InChI=1S/C14H17O3P/c1-3-16-18(15,17-4-2)14-11-7-9-12-8-5-6-10-13(12)14/h5-11H,3-4H2,1-2H3. The number of hydrogen-bond acceptors (Lipinski definition) is 3. The molecule has 0 amide bonds. The average molecular weight is 264 g/mol. The third-order valence-corrected chi connectivity index (χ3v) is 4.84. The molecule has 0 aliphatic heterocycles. The molecule has 0 spiro atoms. The molecule has 0 saturated heterocycles. The quantitative estimate of drug-likeness (QED) is 0.772. The minimum absolute atomic E-state index is 0.362. The number of benzene rings is 2. The van der Waals surface area contributed by atoms with E-state index in [2.05, 4.69) is 0 Å². The number of fused-ring (bicyclic) bond motifs is 1. The van der Waals surface area contributed by atoms with Crippen molar-refractivity contribution >= 4 is 23.7 Å². The van der Waals surface area contributed by atoms with Crippen LogP contribution in [0.15, 0.2) is 42.5 Å². The van der Waals surface area contributed by atoms with Gasteiger partial charge in [0, 0.05) is 0 Å². The van der Waals surface area contributed by atoms with Crippen LogP contribution in [0.3, 0.4) is 0 Å². The van der Waals surface area contributed by atoms with Crippen molar-refractivity contribution in [3.8, 4) is 0 Å². The van der Waals surface area contributed by atoms with E-state index in [1.807, 2.05) is 56.3 Å². The molecule has 0 aromatic heterocycles. The maximum atomic E-state index is 12.8. The van der Waals surface area contributed by atoms with Gasteiger partial charge >= 0.3 is 7.60 Å². The highest BCUT2D eigenvalue weighted by atomic mass is 31.2. The lowest BCUT2D eigenvalue weighted by molar-refractivity contribution is 0.230. The Morgan fingerprint density at radius 2 is 1.56 bits per heavy atom. The van der Waals surface area contributed by atoms with Crippen LogP contribution < -0.4 is 5.30 Å². The largest absolute Gasteiger partial charge is 0.361 e. The molecule has 0 bridgehead atoms. The molecule has 0 aliphatic rings. The second-order valence-electron chi connectivity index (χ2n) is 3.83. The molecule has 3 nitrogen and oxygen atoms in total. The Labute approximate surface area is 107 Å². The molecule has 0 unspecified atom stereocenters. The molecular formula is C14H17O3P. The van der Waals surface area contributed by atoms with Gasteiger partial charge in [0.2, 0.25) is 0 Å². The van der Waals surface area contributed by atoms with Crippen LogP contribution in [-0.2, 0) is 13.6 Å². The van der Waals surface area contributed by atoms with Gasteiger partial charge in [-0.2, -0.15) is 0 Å². The highest BCUT2D eigenvalue weighted by Gasteiger charge is 2.28. The van der Waals surface area contributed by atoms with E-state index in [4.69, 9.17) is 9.05 Å². The molecule has 18 heavy (non-hydrogen) atoms. The average Bonchev–Trinajstić information content (AvgIpc) is 2.38. The fourth-order valence-corrected chi connectivity index (χ4v) is 3.76. The van der Waals surface area contributed by atoms with Crippen molar-refractivity contribution < 1.29 is 13.6 Å². The van der Waals surface area contributed by atoms with Crippen LogP contribution >= 0.6 is 7.60 Å². The SMILES string of the molecule is CCOP(=O)(OCC)c1cccc2ccccc12. The summed E-state index contributed by atoms with van der Waals surface area (Å²) in [7, 11) is -3.22. The van der Waals surface area contributed by atoms with Gasteiger partial charge in [0.15, 0.2) is 0 Å². The first-order chi connectivity index (χ1) is 8.71. The molecule has 2 rings (SSSR count). The lowest BCUT2D eigenvalue weighted by Gasteiger charge is -2.18. The molecule has 0 heterocycles. The molecule has 4 heteroatoms. The van der Waals surface area contributed by atoms with E-state index in [0.717, 1.165) is 10.8 Å². The fourth-order valence-electron chi connectivity index (χ4n) is 1.96. The minimum Gasteiger partial charge on any atom is -0.305 e. The van der Waals surface area contributed by atoms with Gasteiger partial charge in [-0.25, -0.2) is 0 Å². The molecule has 0 saturated carbocycles. The van der Waals surface area contributed by atoms with Crippen molar-refractivity contribution in [2.75, 3.05) is 13.2 Å². The fraction of sp³-hybridized carbons (Fsp3) is 0.286. The summed E-state index contributed by atoms with van der Waals surface area (Å²) in [6.07, 6.45) is 0. The van der Waals surface area contributed by atoms with Gasteiger partial charge in [-0.05, 0) is 30.7 Å². The summed E-state index contributed by atoms with van der Waals surface area (Å²) in [5, 5.41) is 2.60. The van der Waals surface area contributed by atoms with E-state index in [1.54, 1.807) is 0 Å². The minimum atomic E-state index is -3.22. The summed E-state index contributed by atoms with van der Waals surface area (Å²) >= 11 is 0. The van der Waals surface area contributed by atoms with Gasteiger partial charge in [0.1, 0.15) is 0 Å². The van der Waals surface area contributed by atoms with E-state index < -0.39 is 7.60 Å². The Kier molecular flexibility index (Phi) is 4.18. The first-order valence-corrected chi connectivity index (χ1v) is 7.63. The summed E-state index contributed by atoms with van der Waals surface area (Å²) in [6, 6.07) is 13.5. The highest BCUT2D eigenvalue weighted by molar-refractivity contribution is 7.62. The Morgan fingerprint density at radius 3 is 2.22 bits per heavy atom. The van der Waals surface area contributed by atoms with Crippen LogP contribution in [0.4, 0.5) is 0 Å². The van der Waals surface area contributed by atoms with Crippen LogP contribution in [0, 0.1) is 0 Å². The van der Waals surface area contributed by atoms with Gasteiger partial charge in [-0.1, -0.05) is 36.4 Å². The summed E-state index contributed by atoms with van der Waals surface area (Å²) in [6.45, 7) is 4.36. The van der Waals surface area contributed by atoms with Crippen LogP contribution in [0.2, 0.25) is 0 Å². The monoisotopic (exact) mass is 264 g/mol. The molecular weight excluding hydrogens is 247 g/mol. The normalized spacial score (nSPS) is 11.9. The summed E-state index contributed by atoms with van der Waals surface area (Å²) < 4.78 is 23.6. The van der Waals surface area contributed by atoms with E-state index in [-0.39, 0.29) is 0 Å². The maximum absolute atomic E-state index is 12.8. The van der Waals surface area contributed by atoms with Crippen LogP contribution in [0.5, 0.6) is 0 Å². The van der Waals surface area contributed by atoms with Gasteiger partial charge in [0.25, 0.3) is 0 Å². The van der Waals surface area contributed by atoms with Crippen molar-refractivity contribution in [3.05, 3.63) is 42.5 Å². The van der Waals surface area contributed by atoms with Gasteiger partial charge in [-0.3, -0.25) is 4.57 Å². The zero-order valence-corrected chi connectivity index (χ0v) is 11.5. The highest BCUT2D eigenvalue weighted by Crippen LogP contribution is 2.48. The van der Waals surface area contributed by atoms with Crippen molar-refractivity contribution in [1.29, 1.82) is 0 Å². The predicted octanol–water partition coefficient (Wildman–Crippen LogP) is 3.73. The Morgan fingerprint density at radius 1 is 0.944 bits per heavy atom. The van der Waals surface area contributed by atoms with Gasteiger partial charge in [-0.15, -0.1) is 0 Å². The molecule has 0 N–H and O–H groups in total. The van der Waals surface area contributed by atoms with Crippen LogP contribution in [0.1, 0.15) is 13.8 Å². The molecule has 2 aromatic carbocycles. The van der Waals surface area contributed by atoms with Crippen molar-refractivity contribution in [1.82, 2.24) is 0 Å². The second-order valence-corrected chi connectivity index (χ2v) is 5.82. The van der Waals surface area contributed by atoms with Crippen LogP contribution in [0.25, 0.3) is 10.8 Å². The van der Waals surface area contributed by atoms with Crippen molar-refractivity contribution in [2.24, 2.45) is 0 Å². The first-order valence-electron chi connectivity index (χ1n) is 6.08.